The van der Waals surface area contributed by atoms with Crippen LogP contribution in [0.4, 0.5) is 5.82 Å². The molecule has 1 unspecified atom stereocenters. The van der Waals surface area contributed by atoms with Gasteiger partial charge in [0.2, 0.25) is 12.7 Å². The molecule has 3 heterocycles. The van der Waals surface area contributed by atoms with Crippen LogP contribution in [0.2, 0.25) is 0 Å². The average Bonchev–Trinajstić information content (AvgIpc) is 3.49. The van der Waals surface area contributed by atoms with Crippen molar-refractivity contribution in [3.8, 4) is 34.4 Å². The Bertz CT molecular complexity index is 1180. The lowest BCUT2D eigenvalue weighted by molar-refractivity contribution is -0.119. The van der Waals surface area contributed by atoms with Crippen LogP contribution in [0.15, 0.2) is 48.5 Å². The third-order valence-electron chi connectivity index (χ3n) is 5.42. The molecule has 0 radical (unpaired) electrons. The van der Waals surface area contributed by atoms with Crippen molar-refractivity contribution in [2.24, 2.45) is 5.73 Å². The first-order chi connectivity index (χ1) is 15.6. The predicted octanol–water partition coefficient (Wildman–Crippen LogP) is 2.93. The molecule has 9 heteroatoms. The lowest BCUT2D eigenvalue weighted by atomic mass is 10.2. The molecule has 0 spiro atoms. The predicted molar refractivity (Wildman–Crippen MR) is 115 cm³/mol. The molecule has 2 aromatic carbocycles. The van der Waals surface area contributed by atoms with Crippen LogP contribution in [0.3, 0.4) is 0 Å². The molecule has 2 N–H and O–H groups in total. The fraction of sp³-hybridized carbons (Fsp3) is 0.217. The van der Waals surface area contributed by atoms with Gasteiger partial charge < -0.3 is 24.8 Å². The number of carbonyl (C=O) groups is 2. The van der Waals surface area contributed by atoms with Gasteiger partial charge >= 0.3 is 0 Å². The zero-order valence-electron chi connectivity index (χ0n) is 17.1. The van der Waals surface area contributed by atoms with E-state index in [1.807, 2.05) is 17.0 Å². The van der Waals surface area contributed by atoms with E-state index in [9.17, 15) is 9.59 Å². The molecule has 0 aliphatic carbocycles. The van der Waals surface area contributed by atoms with E-state index in [1.54, 1.807) is 36.4 Å². The van der Waals surface area contributed by atoms with Gasteiger partial charge in [0.05, 0.1) is 0 Å². The minimum absolute atomic E-state index is 0.201. The summed E-state index contributed by atoms with van der Waals surface area (Å²) in [6, 6.07) is 13.7. The van der Waals surface area contributed by atoms with Gasteiger partial charge in [-0.2, -0.15) is 0 Å². The summed E-state index contributed by atoms with van der Waals surface area (Å²) in [4.78, 5) is 34.0. The summed E-state index contributed by atoms with van der Waals surface area (Å²) >= 11 is 0. The summed E-state index contributed by atoms with van der Waals surface area (Å²) in [6.07, 6.45) is 2.16. The molecular formula is C23H20N4O5. The number of carbonyl (C=O) groups excluding carboxylic acids is 2. The second kappa shape index (κ2) is 8.18. The largest absolute Gasteiger partial charge is 0.457 e. The van der Waals surface area contributed by atoms with Crippen LogP contribution in [0.25, 0.3) is 11.4 Å². The summed E-state index contributed by atoms with van der Waals surface area (Å²) in [6.45, 7) is 0.845. The SMILES string of the molecule is NC(=O)C1CCCN1c1cc(C=O)nc(-c2ccc(Oc3ccc4c(c3)OCO4)cc2)n1. The Hall–Kier alpha value is -4.14. The van der Waals surface area contributed by atoms with Crippen molar-refractivity contribution in [2.45, 2.75) is 18.9 Å². The Morgan fingerprint density at radius 1 is 1.06 bits per heavy atom. The number of ether oxygens (including phenoxy) is 3. The van der Waals surface area contributed by atoms with Crippen molar-refractivity contribution < 1.29 is 23.8 Å². The van der Waals surface area contributed by atoms with Gasteiger partial charge in [0.25, 0.3) is 0 Å². The van der Waals surface area contributed by atoms with Crippen molar-refractivity contribution >= 4 is 18.0 Å². The van der Waals surface area contributed by atoms with E-state index in [4.69, 9.17) is 19.9 Å². The Morgan fingerprint density at radius 2 is 1.84 bits per heavy atom. The molecule has 1 atom stereocenters. The van der Waals surface area contributed by atoms with E-state index in [0.29, 0.717) is 59.5 Å². The number of amides is 1. The molecule has 162 valence electrons. The molecule has 1 aromatic heterocycles. The van der Waals surface area contributed by atoms with Crippen LogP contribution in [-0.4, -0.2) is 41.5 Å². The molecule has 1 fully saturated rings. The number of fused-ring (bicyclic) bond motifs is 1. The molecule has 32 heavy (non-hydrogen) atoms. The minimum Gasteiger partial charge on any atom is -0.457 e. The molecule has 2 aliphatic heterocycles. The van der Waals surface area contributed by atoms with Crippen LogP contribution >= 0.6 is 0 Å². The molecular weight excluding hydrogens is 412 g/mol. The van der Waals surface area contributed by atoms with Gasteiger partial charge in [-0.15, -0.1) is 0 Å². The summed E-state index contributed by atoms with van der Waals surface area (Å²) in [7, 11) is 0. The van der Waals surface area contributed by atoms with Crippen LogP contribution < -0.4 is 24.8 Å². The molecule has 3 aromatic rings. The number of aldehydes is 1. The normalized spacial score (nSPS) is 16.8. The zero-order valence-corrected chi connectivity index (χ0v) is 17.1. The van der Waals surface area contributed by atoms with Gasteiger partial charge in [0.1, 0.15) is 29.1 Å². The van der Waals surface area contributed by atoms with Crippen molar-refractivity contribution in [3.63, 3.8) is 0 Å². The van der Waals surface area contributed by atoms with Crippen molar-refractivity contribution in [3.05, 3.63) is 54.2 Å². The minimum atomic E-state index is -0.435. The van der Waals surface area contributed by atoms with Crippen LogP contribution in [0.1, 0.15) is 23.3 Å². The molecule has 5 rings (SSSR count). The molecule has 2 aliphatic rings. The van der Waals surface area contributed by atoms with Crippen LogP contribution in [0, 0.1) is 0 Å². The Kier molecular flexibility index (Phi) is 5.06. The second-order valence-corrected chi connectivity index (χ2v) is 7.49. The number of anilines is 1. The molecule has 1 amide bonds. The molecule has 0 saturated carbocycles. The Labute approximate surface area is 183 Å². The maximum Gasteiger partial charge on any atom is 0.240 e. The van der Waals surface area contributed by atoms with Crippen molar-refractivity contribution in [1.82, 2.24) is 9.97 Å². The number of nitrogens with two attached hydrogens (primary N) is 1. The second-order valence-electron chi connectivity index (χ2n) is 7.49. The fourth-order valence-corrected chi connectivity index (χ4v) is 3.87. The smallest absolute Gasteiger partial charge is 0.240 e. The van der Waals surface area contributed by atoms with Crippen LogP contribution in [-0.2, 0) is 4.79 Å². The Morgan fingerprint density at radius 3 is 2.62 bits per heavy atom. The lowest BCUT2D eigenvalue weighted by Gasteiger charge is -2.23. The van der Waals surface area contributed by atoms with Gasteiger partial charge in [0, 0.05) is 24.2 Å². The van der Waals surface area contributed by atoms with Crippen molar-refractivity contribution in [2.75, 3.05) is 18.2 Å². The number of primary amides is 1. The monoisotopic (exact) mass is 432 g/mol. The van der Waals surface area contributed by atoms with Gasteiger partial charge in [-0.25, -0.2) is 9.97 Å². The average molecular weight is 432 g/mol. The van der Waals surface area contributed by atoms with Gasteiger partial charge in [-0.3, -0.25) is 9.59 Å². The number of hydrogen-bond acceptors (Lipinski definition) is 8. The highest BCUT2D eigenvalue weighted by molar-refractivity contribution is 5.84. The third-order valence-corrected chi connectivity index (χ3v) is 5.42. The number of aromatic nitrogens is 2. The molecule has 1 saturated heterocycles. The number of nitrogens with zero attached hydrogens (tertiary/aromatic N) is 3. The topological polar surface area (TPSA) is 117 Å². The zero-order chi connectivity index (χ0) is 22.1. The first kappa shape index (κ1) is 19.8. The highest BCUT2D eigenvalue weighted by Crippen LogP contribution is 2.37. The van der Waals surface area contributed by atoms with Gasteiger partial charge in [0.15, 0.2) is 23.6 Å². The first-order valence-corrected chi connectivity index (χ1v) is 10.2. The number of benzene rings is 2. The maximum atomic E-state index is 11.8. The van der Waals surface area contributed by atoms with E-state index in [2.05, 4.69) is 9.97 Å². The third kappa shape index (κ3) is 3.80. The van der Waals surface area contributed by atoms with Gasteiger partial charge in [-0.05, 0) is 49.2 Å². The fourth-order valence-electron chi connectivity index (χ4n) is 3.87. The van der Waals surface area contributed by atoms with E-state index >= 15 is 0 Å². The van der Waals surface area contributed by atoms with Crippen LogP contribution in [0.5, 0.6) is 23.0 Å². The first-order valence-electron chi connectivity index (χ1n) is 10.2. The summed E-state index contributed by atoms with van der Waals surface area (Å²) in [5, 5.41) is 0. The lowest BCUT2D eigenvalue weighted by Crippen LogP contribution is -2.40. The number of hydrogen-bond donors (Lipinski definition) is 1. The van der Waals surface area contributed by atoms with Gasteiger partial charge in [-0.1, -0.05) is 0 Å². The summed E-state index contributed by atoms with van der Waals surface area (Å²) < 4.78 is 16.6. The van der Waals surface area contributed by atoms with E-state index in [1.165, 1.54) is 0 Å². The standard InChI is InChI=1S/C23H20N4O5/c24-22(29)18-2-1-9-27(18)21-10-15(12-28)25-23(26-21)14-3-5-16(6-4-14)32-17-7-8-19-20(11-17)31-13-30-19/h3-8,10-12,18H,1-2,9,13H2,(H2,24,29). The maximum absolute atomic E-state index is 11.8. The summed E-state index contributed by atoms with van der Waals surface area (Å²) in [5.41, 5.74) is 6.48. The number of rotatable bonds is 6. The van der Waals surface area contributed by atoms with E-state index in [-0.39, 0.29) is 12.5 Å². The van der Waals surface area contributed by atoms with E-state index < -0.39 is 11.9 Å². The highest BCUT2D eigenvalue weighted by atomic mass is 16.7. The van der Waals surface area contributed by atoms with Crippen molar-refractivity contribution in [1.29, 1.82) is 0 Å². The highest BCUT2D eigenvalue weighted by Gasteiger charge is 2.30. The molecule has 9 nitrogen and oxygen atoms in total. The summed E-state index contributed by atoms with van der Waals surface area (Å²) in [5.74, 6) is 3.06. The Balaban J connectivity index is 1.40. The van der Waals surface area contributed by atoms with E-state index in [0.717, 1.165) is 6.42 Å². The molecule has 0 bridgehead atoms. The quantitative estimate of drug-likeness (QED) is 0.591.